The number of nitrogens with two attached hydrogens (primary N) is 1. The summed E-state index contributed by atoms with van der Waals surface area (Å²) in [5.41, 5.74) is 7.62. The molecule has 0 bridgehead atoms. The molecule has 0 fully saturated rings. The Labute approximate surface area is 80.5 Å². The minimum atomic E-state index is 0.214. The Morgan fingerprint density at radius 3 is 2.83 bits per heavy atom. The van der Waals surface area contributed by atoms with Crippen molar-refractivity contribution in [1.29, 1.82) is 0 Å². The summed E-state index contributed by atoms with van der Waals surface area (Å²) in [7, 11) is 0. The van der Waals surface area contributed by atoms with Gasteiger partial charge in [-0.15, -0.1) is 0 Å². The Bertz CT molecular complexity index is 263. The molecule has 0 spiro atoms. The van der Waals surface area contributed by atoms with Crippen LogP contribution in [-0.2, 0) is 6.42 Å². The molecule has 0 aliphatic heterocycles. The predicted octanol–water partition coefficient (Wildman–Crippen LogP) is 1.96. The molecule has 12 heavy (non-hydrogen) atoms. The fourth-order valence-electron chi connectivity index (χ4n) is 1.06. The molecule has 0 saturated carbocycles. The molecule has 1 aromatic rings. The zero-order valence-electron chi connectivity index (χ0n) is 6.76. The average Bonchev–Trinajstić information content (AvgIpc) is 2.07. The maximum atomic E-state index is 8.64. The van der Waals surface area contributed by atoms with Crippen LogP contribution in [0.15, 0.2) is 22.7 Å². The Morgan fingerprint density at radius 1 is 1.42 bits per heavy atom. The van der Waals surface area contributed by atoms with Crippen LogP contribution in [0.1, 0.15) is 12.0 Å². The SMILES string of the molecule is Nc1ccc(Br)cc1CCCO. The Morgan fingerprint density at radius 2 is 2.17 bits per heavy atom. The van der Waals surface area contributed by atoms with E-state index < -0.39 is 0 Å². The molecule has 0 unspecified atom stereocenters. The minimum Gasteiger partial charge on any atom is -0.399 e. The van der Waals surface area contributed by atoms with Gasteiger partial charge in [0.05, 0.1) is 0 Å². The summed E-state index contributed by atoms with van der Waals surface area (Å²) in [6, 6.07) is 5.78. The van der Waals surface area contributed by atoms with Crippen LogP contribution in [0, 0.1) is 0 Å². The van der Waals surface area contributed by atoms with Crippen molar-refractivity contribution >= 4 is 21.6 Å². The van der Waals surface area contributed by atoms with Crippen molar-refractivity contribution in [2.45, 2.75) is 12.8 Å². The fourth-order valence-corrected chi connectivity index (χ4v) is 1.47. The van der Waals surface area contributed by atoms with Gasteiger partial charge in [-0.1, -0.05) is 15.9 Å². The Balaban J connectivity index is 2.75. The highest BCUT2D eigenvalue weighted by molar-refractivity contribution is 9.10. The summed E-state index contributed by atoms with van der Waals surface area (Å²) < 4.78 is 1.03. The lowest BCUT2D eigenvalue weighted by molar-refractivity contribution is 0.288. The number of aryl methyl sites for hydroxylation is 1. The van der Waals surface area contributed by atoms with Gasteiger partial charge >= 0.3 is 0 Å². The van der Waals surface area contributed by atoms with Crippen LogP contribution >= 0.6 is 15.9 Å². The molecule has 1 aromatic carbocycles. The van der Waals surface area contributed by atoms with Crippen molar-refractivity contribution in [2.24, 2.45) is 0 Å². The second kappa shape index (κ2) is 4.48. The number of hydrogen-bond donors (Lipinski definition) is 2. The van der Waals surface area contributed by atoms with Crippen molar-refractivity contribution in [3.8, 4) is 0 Å². The van der Waals surface area contributed by atoms with E-state index in [1.807, 2.05) is 18.2 Å². The number of aliphatic hydroxyl groups is 1. The lowest BCUT2D eigenvalue weighted by Crippen LogP contribution is -1.95. The molecule has 66 valence electrons. The van der Waals surface area contributed by atoms with Crippen LogP contribution in [0.5, 0.6) is 0 Å². The predicted molar refractivity (Wildman–Crippen MR) is 54.0 cm³/mol. The third-order valence-electron chi connectivity index (χ3n) is 1.71. The van der Waals surface area contributed by atoms with Gasteiger partial charge in [0.1, 0.15) is 0 Å². The van der Waals surface area contributed by atoms with Crippen LogP contribution in [0.3, 0.4) is 0 Å². The largest absolute Gasteiger partial charge is 0.399 e. The Hall–Kier alpha value is -0.540. The molecular weight excluding hydrogens is 218 g/mol. The van der Waals surface area contributed by atoms with Crippen LogP contribution in [0.25, 0.3) is 0 Å². The van der Waals surface area contributed by atoms with E-state index in [-0.39, 0.29) is 6.61 Å². The first kappa shape index (κ1) is 9.55. The quantitative estimate of drug-likeness (QED) is 0.779. The molecule has 3 heteroatoms. The highest BCUT2D eigenvalue weighted by Gasteiger charge is 1.98. The third-order valence-corrected chi connectivity index (χ3v) is 2.20. The van der Waals surface area contributed by atoms with Crippen LogP contribution in [-0.4, -0.2) is 11.7 Å². The van der Waals surface area contributed by atoms with E-state index in [0.717, 1.165) is 28.6 Å². The molecule has 0 aromatic heterocycles. The zero-order chi connectivity index (χ0) is 8.97. The summed E-state index contributed by atoms with van der Waals surface area (Å²) in [6.07, 6.45) is 1.60. The van der Waals surface area contributed by atoms with E-state index in [4.69, 9.17) is 10.8 Å². The number of hydrogen-bond acceptors (Lipinski definition) is 2. The van der Waals surface area contributed by atoms with Gasteiger partial charge in [0.25, 0.3) is 0 Å². The van der Waals surface area contributed by atoms with E-state index in [0.29, 0.717) is 0 Å². The molecule has 0 amide bonds. The molecule has 0 radical (unpaired) electrons. The summed E-state index contributed by atoms with van der Waals surface area (Å²) in [4.78, 5) is 0. The molecule has 0 heterocycles. The third kappa shape index (κ3) is 2.50. The Kier molecular flexibility index (Phi) is 3.56. The molecular formula is C9H12BrNO. The lowest BCUT2D eigenvalue weighted by Gasteiger charge is -2.04. The molecule has 1 rings (SSSR count). The van der Waals surface area contributed by atoms with E-state index in [1.54, 1.807) is 0 Å². The number of aliphatic hydroxyl groups excluding tert-OH is 1. The minimum absolute atomic E-state index is 0.214. The van der Waals surface area contributed by atoms with E-state index in [1.165, 1.54) is 0 Å². The van der Waals surface area contributed by atoms with E-state index in [9.17, 15) is 0 Å². The summed E-state index contributed by atoms with van der Waals surface area (Å²) in [5, 5.41) is 8.64. The molecule has 3 N–H and O–H groups in total. The van der Waals surface area contributed by atoms with Crippen LogP contribution in [0.2, 0.25) is 0 Å². The van der Waals surface area contributed by atoms with Crippen molar-refractivity contribution in [3.05, 3.63) is 28.2 Å². The summed E-state index contributed by atoms with van der Waals surface area (Å²) >= 11 is 3.37. The van der Waals surface area contributed by atoms with Crippen LogP contribution < -0.4 is 5.73 Å². The number of rotatable bonds is 3. The van der Waals surface area contributed by atoms with E-state index >= 15 is 0 Å². The fraction of sp³-hybridized carbons (Fsp3) is 0.333. The van der Waals surface area contributed by atoms with Gasteiger partial charge in [-0.3, -0.25) is 0 Å². The number of halogens is 1. The van der Waals surface area contributed by atoms with Crippen molar-refractivity contribution < 1.29 is 5.11 Å². The topological polar surface area (TPSA) is 46.2 Å². The number of nitrogen functional groups attached to an aromatic ring is 1. The van der Waals surface area contributed by atoms with Gasteiger partial charge in [-0.2, -0.15) is 0 Å². The van der Waals surface area contributed by atoms with Crippen molar-refractivity contribution in [3.63, 3.8) is 0 Å². The number of benzene rings is 1. The summed E-state index contributed by atoms with van der Waals surface area (Å²) in [6.45, 7) is 0.214. The molecule has 0 saturated heterocycles. The van der Waals surface area contributed by atoms with Gasteiger partial charge < -0.3 is 10.8 Å². The van der Waals surface area contributed by atoms with Gasteiger partial charge in [-0.25, -0.2) is 0 Å². The normalized spacial score (nSPS) is 10.2. The standard InChI is InChI=1S/C9H12BrNO/c10-8-3-4-9(11)7(6-8)2-1-5-12/h3-4,6,12H,1-2,5,11H2. The smallest absolute Gasteiger partial charge is 0.0434 e. The first-order valence-corrected chi connectivity index (χ1v) is 4.68. The lowest BCUT2D eigenvalue weighted by atomic mass is 10.1. The number of anilines is 1. The van der Waals surface area contributed by atoms with Crippen LogP contribution in [0.4, 0.5) is 5.69 Å². The van der Waals surface area contributed by atoms with Gasteiger partial charge in [0.2, 0.25) is 0 Å². The van der Waals surface area contributed by atoms with Crippen molar-refractivity contribution in [2.75, 3.05) is 12.3 Å². The first-order valence-electron chi connectivity index (χ1n) is 3.89. The summed E-state index contributed by atoms with van der Waals surface area (Å²) in [5.74, 6) is 0. The maximum absolute atomic E-state index is 8.64. The zero-order valence-corrected chi connectivity index (χ0v) is 8.34. The van der Waals surface area contributed by atoms with Gasteiger partial charge in [0, 0.05) is 16.8 Å². The van der Waals surface area contributed by atoms with E-state index in [2.05, 4.69) is 15.9 Å². The monoisotopic (exact) mass is 229 g/mol. The second-order valence-corrected chi connectivity index (χ2v) is 3.59. The highest BCUT2D eigenvalue weighted by Crippen LogP contribution is 2.19. The molecule has 0 aliphatic carbocycles. The highest BCUT2D eigenvalue weighted by atomic mass is 79.9. The molecule has 0 atom stereocenters. The second-order valence-electron chi connectivity index (χ2n) is 2.67. The van der Waals surface area contributed by atoms with Gasteiger partial charge in [-0.05, 0) is 36.6 Å². The molecule has 2 nitrogen and oxygen atoms in total. The average molecular weight is 230 g/mol. The maximum Gasteiger partial charge on any atom is 0.0434 e. The van der Waals surface area contributed by atoms with Gasteiger partial charge in [0.15, 0.2) is 0 Å². The van der Waals surface area contributed by atoms with Crippen molar-refractivity contribution in [1.82, 2.24) is 0 Å². The molecule has 0 aliphatic rings. The first-order chi connectivity index (χ1) is 5.74.